The lowest BCUT2D eigenvalue weighted by molar-refractivity contribution is 0.436. The molecule has 246 valence electrons. The topological polar surface area (TPSA) is 35.0 Å². The zero-order chi connectivity index (χ0) is 34.7. The van der Waals surface area contributed by atoms with Crippen molar-refractivity contribution in [2.45, 2.75) is 5.41 Å². The highest BCUT2D eigenvalue weighted by Crippen LogP contribution is 2.63. The van der Waals surface area contributed by atoms with Crippen molar-refractivity contribution in [3.8, 4) is 45.3 Å². The number of aromatic nitrogens is 2. The molecule has 0 saturated heterocycles. The number of nitrogens with zero attached hydrogens (tertiary/aromatic N) is 2. The van der Waals surface area contributed by atoms with Crippen molar-refractivity contribution in [2.24, 2.45) is 0 Å². The summed E-state index contributed by atoms with van der Waals surface area (Å²) in [5, 5.41) is 5.91. The van der Waals surface area contributed by atoms with Gasteiger partial charge >= 0.3 is 0 Å². The molecule has 3 nitrogen and oxygen atoms in total. The maximum Gasteiger partial charge on any atom is 0.161 e. The quantitative estimate of drug-likeness (QED) is 0.169. The predicted molar refractivity (Wildman–Crippen MR) is 218 cm³/mol. The van der Waals surface area contributed by atoms with Crippen LogP contribution in [0, 0.1) is 0 Å². The highest BCUT2D eigenvalue weighted by molar-refractivity contribution is 7.26. The second-order valence-electron chi connectivity index (χ2n) is 14.0. The Bertz CT molecular complexity index is 3130. The molecule has 1 aliphatic carbocycles. The third kappa shape index (κ3) is 3.83. The van der Waals surface area contributed by atoms with Gasteiger partial charge in [-0.2, -0.15) is 0 Å². The number of hydrogen-bond acceptors (Lipinski definition) is 4. The van der Waals surface area contributed by atoms with Gasteiger partial charge in [-0.05, 0) is 68.1 Å². The third-order valence-corrected chi connectivity index (χ3v) is 12.5. The zero-order valence-corrected chi connectivity index (χ0v) is 29.2. The molecule has 0 bridgehead atoms. The minimum atomic E-state index is -0.558. The van der Waals surface area contributed by atoms with Crippen LogP contribution in [-0.2, 0) is 5.41 Å². The normalized spacial score (nSPS) is 13.6. The average Bonchev–Trinajstić information content (AvgIpc) is 3.75. The molecule has 0 N–H and O–H groups in total. The summed E-state index contributed by atoms with van der Waals surface area (Å²) in [4.78, 5) is 11.1. The van der Waals surface area contributed by atoms with Crippen molar-refractivity contribution in [2.75, 3.05) is 0 Å². The van der Waals surface area contributed by atoms with Crippen molar-refractivity contribution < 1.29 is 4.74 Å². The summed E-state index contributed by atoms with van der Waals surface area (Å²) >= 11 is 1.78. The van der Waals surface area contributed by atoms with E-state index in [2.05, 4.69) is 170 Å². The monoisotopic (exact) mass is 692 g/mol. The summed E-state index contributed by atoms with van der Waals surface area (Å²) in [5.74, 6) is 2.51. The molecule has 4 heteroatoms. The van der Waals surface area contributed by atoms with Gasteiger partial charge in [0.1, 0.15) is 11.5 Å². The second kappa shape index (κ2) is 10.7. The lowest BCUT2D eigenvalue weighted by Crippen LogP contribution is -2.32. The standard InChI is InChI=1S/C49H28N2OS/c1-2-15-30-29(14-1)28-36(32-17-4-3-16-31(30)32)48-50-45-34-19-6-12-27-43(34)53-47(45)46(51-48)35-20-13-24-40-44(35)33-18-5-7-21-37(33)49(40)38-22-8-10-25-41(38)52-42-26-11-9-23-39(42)49/h1-28H. The largest absolute Gasteiger partial charge is 0.457 e. The van der Waals surface area contributed by atoms with Crippen LogP contribution < -0.4 is 4.74 Å². The van der Waals surface area contributed by atoms with Gasteiger partial charge in [0.05, 0.1) is 21.3 Å². The van der Waals surface area contributed by atoms with Gasteiger partial charge in [0.15, 0.2) is 5.82 Å². The minimum absolute atomic E-state index is 0.558. The van der Waals surface area contributed by atoms with E-state index in [-0.39, 0.29) is 0 Å². The summed E-state index contributed by atoms with van der Waals surface area (Å²) in [6, 6.07) is 61.0. The summed E-state index contributed by atoms with van der Waals surface area (Å²) in [5.41, 5.74) is 10.8. The maximum absolute atomic E-state index is 6.61. The highest BCUT2D eigenvalue weighted by Gasteiger charge is 2.51. The third-order valence-electron chi connectivity index (χ3n) is 11.4. The smallest absolute Gasteiger partial charge is 0.161 e. The van der Waals surface area contributed by atoms with Crippen LogP contribution in [0.1, 0.15) is 22.3 Å². The Balaban J connectivity index is 1.22. The fourth-order valence-corrected chi connectivity index (χ4v) is 10.4. The molecule has 0 saturated carbocycles. The number of rotatable bonds is 2. The summed E-state index contributed by atoms with van der Waals surface area (Å²) in [6.07, 6.45) is 0. The van der Waals surface area contributed by atoms with E-state index in [9.17, 15) is 0 Å². The first-order chi connectivity index (χ1) is 26.3. The molecule has 0 atom stereocenters. The van der Waals surface area contributed by atoms with Gasteiger partial charge in [0.2, 0.25) is 0 Å². The molecule has 0 radical (unpaired) electrons. The highest BCUT2D eigenvalue weighted by atomic mass is 32.1. The Hall–Kier alpha value is -6.62. The van der Waals surface area contributed by atoms with Crippen LogP contribution in [0.25, 0.3) is 75.6 Å². The Morgan fingerprint density at radius 2 is 1.06 bits per heavy atom. The van der Waals surface area contributed by atoms with Crippen molar-refractivity contribution in [1.29, 1.82) is 0 Å². The summed E-state index contributed by atoms with van der Waals surface area (Å²) < 4.78 is 8.91. The molecule has 0 unspecified atom stereocenters. The van der Waals surface area contributed by atoms with E-state index in [0.29, 0.717) is 0 Å². The fourth-order valence-electron chi connectivity index (χ4n) is 9.23. The number of thiophene rings is 1. The zero-order valence-electron chi connectivity index (χ0n) is 28.4. The van der Waals surface area contributed by atoms with Crippen LogP contribution in [0.15, 0.2) is 170 Å². The van der Waals surface area contributed by atoms with Crippen LogP contribution in [-0.4, -0.2) is 9.97 Å². The number of hydrogen-bond donors (Lipinski definition) is 0. The number of fused-ring (bicyclic) bond motifs is 15. The minimum Gasteiger partial charge on any atom is -0.457 e. The predicted octanol–water partition coefficient (Wildman–Crippen LogP) is 13.0. The van der Waals surface area contributed by atoms with Gasteiger partial charge in [-0.25, -0.2) is 9.97 Å². The molecule has 2 aromatic heterocycles. The molecule has 0 fully saturated rings. The van der Waals surface area contributed by atoms with Gasteiger partial charge in [-0.3, -0.25) is 0 Å². The second-order valence-corrected chi connectivity index (χ2v) is 15.0. The number of para-hydroxylation sites is 2. The van der Waals surface area contributed by atoms with Gasteiger partial charge < -0.3 is 4.74 Å². The molecule has 53 heavy (non-hydrogen) atoms. The van der Waals surface area contributed by atoms with E-state index in [1.165, 1.54) is 43.1 Å². The molecule has 8 aromatic carbocycles. The van der Waals surface area contributed by atoms with E-state index in [1.54, 1.807) is 11.3 Å². The van der Waals surface area contributed by atoms with Crippen LogP contribution in [0.5, 0.6) is 11.5 Å². The first kappa shape index (κ1) is 29.0. The van der Waals surface area contributed by atoms with Gasteiger partial charge in [0.25, 0.3) is 0 Å². The number of ether oxygens (including phenoxy) is 1. The van der Waals surface area contributed by atoms with E-state index >= 15 is 0 Å². The lowest BCUT2D eigenvalue weighted by atomic mass is 9.66. The maximum atomic E-state index is 6.61. The van der Waals surface area contributed by atoms with E-state index in [0.717, 1.165) is 66.3 Å². The van der Waals surface area contributed by atoms with Crippen LogP contribution in [0.4, 0.5) is 0 Å². The van der Waals surface area contributed by atoms with Crippen molar-refractivity contribution in [3.63, 3.8) is 0 Å². The molecule has 10 aromatic rings. The SMILES string of the molecule is c1ccc2c(c1)Oc1ccccc1C21c2ccccc2-c2c(-c3nc(-c4cc5ccccc5c5ccccc45)nc4c3sc3ccccc34)cccc21. The molecule has 2 aliphatic rings. The van der Waals surface area contributed by atoms with Crippen molar-refractivity contribution >= 4 is 53.2 Å². The molecular weight excluding hydrogens is 665 g/mol. The van der Waals surface area contributed by atoms with Crippen molar-refractivity contribution in [3.05, 3.63) is 192 Å². The number of benzene rings is 8. The van der Waals surface area contributed by atoms with Gasteiger partial charge in [0, 0.05) is 32.3 Å². The van der Waals surface area contributed by atoms with Crippen LogP contribution in [0.3, 0.4) is 0 Å². The first-order valence-corrected chi connectivity index (χ1v) is 18.8. The Morgan fingerprint density at radius 1 is 0.453 bits per heavy atom. The van der Waals surface area contributed by atoms with Crippen LogP contribution >= 0.6 is 11.3 Å². The fraction of sp³-hybridized carbons (Fsp3) is 0.0204. The Kier molecular flexibility index (Phi) is 5.86. The lowest BCUT2D eigenvalue weighted by Gasteiger charge is -2.39. The molecule has 1 spiro atoms. The Labute approximate surface area is 309 Å². The van der Waals surface area contributed by atoms with E-state index in [1.807, 2.05) is 0 Å². The molecule has 3 heterocycles. The molecule has 12 rings (SSSR count). The average molecular weight is 693 g/mol. The molecular formula is C49H28N2OS. The van der Waals surface area contributed by atoms with E-state index < -0.39 is 5.41 Å². The van der Waals surface area contributed by atoms with Crippen LogP contribution in [0.2, 0.25) is 0 Å². The first-order valence-electron chi connectivity index (χ1n) is 18.0. The van der Waals surface area contributed by atoms with Gasteiger partial charge in [-0.1, -0.05) is 146 Å². The van der Waals surface area contributed by atoms with Gasteiger partial charge in [-0.15, -0.1) is 11.3 Å². The molecule has 1 aliphatic heterocycles. The summed E-state index contributed by atoms with van der Waals surface area (Å²) in [7, 11) is 0. The Morgan fingerprint density at radius 3 is 1.87 bits per heavy atom. The van der Waals surface area contributed by atoms with Crippen molar-refractivity contribution in [1.82, 2.24) is 9.97 Å². The summed E-state index contributed by atoms with van der Waals surface area (Å²) in [6.45, 7) is 0. The molecule has 0 amide bonds. The van der Waals surface area contributed by atoms with E-state index in [4.69, 9.17) is 14.7 Å².